The highest BCUT2D eigenvalue weighted by Gasteiger charge is 2.25. The Morgan fingerprint density at radius 2 is 2.04 bits per heavy atom. The van der Waals surface area contributed by atoms with Crippen LogP contribution in [-0.2, 0) is 17.8 Å². The zero-order chi connectivity index (χ0) is 17.1. The Kier molecular flexibility index (Phi) is 4.16. The lowest BCUT2D eigenvalue weighted by atomic mass is 10.0. The number of aromatic nitrogens is 3. The molecule has 0 spiro atoms. The first-order valence-corrected chi connectivity index (χ1v) is 8.26. The summed E-state index contributed by atoms with van der Waals surface area (Å²) >= 11 is 0. The molecule has 1 aliphatic heterocycles. The molecular weight excluding hydrogens is 316 g/mol. The molecule has 6 heteroatoms. The normalized spacial score (nSPS) is 15.9. The minimum absolute atomic E-state index is 0.0945. The Hall–Kier alpha value is -3.15. The van der Waals surface area contributed by atoms with Crippen molar-refractivity contribution >= 4 is 5.91 Å². The van der Waals surface area contributed by atoms with E-state index in [2.05, 4.69) is 15.4 Å². The minimum atomic E-state index is -0.451. The fourth-order valence-electron chi connectivity index (χ4n) is 3.02. The molecule has 1 aliphatic rings. The number of carbonyl (C=O) groups excluding carboxylic acids is 1. The topological polar surface area (TPSA) is 69.0 Å². The predicted octanol–water partition coefficient (Wildman–Crippen LogP) is 2.28. The number of amides is 1. The third-order valence-corrected chi connectivity index (χ3v) is 4.32. The first-order valence-electron chi connectivity index (χ1n) is 8.26. The van der Waals surface area contributed by atoms with Crippen molar-refractivity contribution in [3.8, 4) is 11.4 Å². The molecule has 0 fully saturated rings. The summed E-state index contributed by atoms with van der Waals surface area (Å²) in [6, 6.07) is 15.7. The van der Waals surface area contributed by atoms with Gasteiger partial charge in [0, 0.05) is 6.54 Å². The molecule has 1 amide bonds. The van der Waals surface area contributed by atoms with Crippen molar-refractivity contribution in [3.63, 3.8) is 0 Å². The summed E-state index contributed by atoms with van der Waals surface area (Å²) < 4.78 is 7.53. The second kappa shape index (κ2) is 6.76. The molecule has 1 atom stereocenters. The lowest BCUT2D eigenvalue weighted by molar-refractivity contribution is -0.128. The third kappa shape index (κ3) is 3.24. The molecule has 0 saturated heterocycles. The van der Waals surface area contributed by atoms with E-state index >= 15 is 0 Å². The van der Waals surface area contributed by atoms with Gasteiger partial charge in [0.15, 0.2) is 6.10 Å². The van der Waals surface area contributed by atoms with Crippen molar-refractivity contribution in [1.82, 2.24) is 20.1 Å². The van der Waals surface area contributed by atoms with Crippen LogP contribution < -0.4 is 10.1 Å². The van der Waals surface area contributed by atoms with Crippen LogP contribution in [-0.4, -0.2) is 26.8 Å². The molecule has 126 valence electrons. The van der Waals surface area contributed by atoms with E-state index in [0.29, 0.717) is 13.0 Å². The molecule has 0 unspecified atom stereocenters. The molecule has 1 aromatic heterocycles. The van der Waals surface area contributed by atoms with E-state index in [1.54, 1.807) is 11.0 Å². The van der Waals surface area contributed by atoms with Crippen LogP contribution in [0, 0.1) is 0 Å². The van der Waals surface area contributed by atoms with Gasteiger partial charge in [-0.25, -0.2) is 9.67 Å². The van der Waals surface area contributed by atoms with Crippen LogP contribution >= 0.6 is 0 Å². The van der Waals surface area contributed by atoms with E-state index in [9.17, 15) is 4.79 Å². The van der Waals surface area contributed by atoms with Crippen LogP contribution in [0.5, 0.6) is 5.75 Å². The summed E-state index contributed by atoms with van der Waals surface area (Å²) in [5.41, 5.74) is 3.02. The van der Waals surface area contributed by atoms with E-state index in [0.717, 1.165) is 29.0 Å². The van der Waals surface area contributed by atoms with Crippen LogP contribution in [0.15, 0.2) is 61.2 Å². The number of hydrogen-bond acceptors (Lipinski definition) is 4. The van der Waals surface area contributed by atoms with Crippen molar-refractivity contribution in [3.05, 3.63) is 72.3 Å². The number of nitrogens with zero attached hydrogens (tertiary/aromatic N) is 3. The number of benzene rings is 2. The molecule has 25 heavy (non-hydrogen) atoms. The molecule has 1 N–H and O–H groups in total. The first kappa shape index (κ1) is 15.4. The van der Waals surface area contributed by atoms with Gasteiger partial charge in [0.2, 0.25) is 0 Å². The van der Waals surface area contributed by atoms with Gasteiger partial charge in [-0.05, 0) is 36.1 Å². The smallest absolute Gasteiger partial charge is 0.261 e. The van der Waals surface area contributed by atoms with Crippen LogP contribution in [0.1, 0.15) is 17.5 Å². The molecule has 0 aliphatic carbocycles. The second-order valence-electron chi connectivity index (χ2n) is 5.94. The lowest BCUT2D eigenvalue weighted by Crippen LogP contribution is -2.40. The number of para-hydroxylation sites is 2. The van der Waals surface area contributed by atoms with Crippen LogP contribution in [0.3, 0.4) is 0 Å². The maximum absolute atomic E-state index is 12.5. The highest BCUT2D eigenvalue weighted by Crippen LogP contribution is 2.27. The van der Waals surface area contributed by atoms with Gasteiger partial charge < -0.3 is 10.1 Å². The van der Waals surface area contributed by atoms with E-state index < -0.39 is 6.10 Å². The number of ether oxygens (including phenoxy) is 1. The highest BCUT2D eigenvalue weighted by atomic mass is 16.5. The van der Waals surface area contributed by atoms with Gasteiger partial charge >= 0.3 is 0 Å². The summed E-state index contributed by atoms with van der Waals surface area (Å²) in [6.07, 6.45) is 4.22. The molecular formula is C19H18N4O2. The second-order valence-corrected chi connectivity index (χ2v) is 5.94. The summed E-state index contributed by atoms with van der Waals surface area (Å²) in [7, 11) is 0. The zero-order valence-corrected chi connectivity index (χ0v) is 13.6. The van der Waals surface area contributed by atoms with Gasteiger partial charge in [0.25, 0.3) is 5.91 Å². The van der Waals surface area contributed by atoms with Crippen molar-refractivity contribution in [2.45, 2.75) is 25.5 Å². The van der Waals surface area contributed by atoms with Gasteiger partial charge in [-0.2, -0.15) is 5.10 Å². The summed E-state index contributed by atoms with van der Waals surface area (Å²) in [5.74, 6) is 0.708. The molecule has 0 bridgehead atoms. The van der Waals surface area contributed by atoms with Crippen molar-refractivity contribution in [2.24, 2.45) is 0 Å². The Balaban J connectivity index is 1.44. The summed E-state index contributed by atoms with van der Waals surface area (Å²) in [5, 5.41) is 7.13. The quantitative estimate of drug-likeness (QED) is 0.795. The predicted molar refractivity (Wildman–Crippen MR) is 92.4 cm³/mol. The van der Waals surface area contributed by atoms with E-state index in [1.165, 1.54) is 6.33 Å². The number of aryl methyl sites for hydroxylation is 1. The first-order chi connectivity index (χ1) is 12.3. The summed E-state index contributed by atoms with van der Waals surface area (Å²) in [4.78, 5) is 16.5. The van der Waals surface area contributed by atoms with Crippen molar-refractivity contribution in [2.75, 3.05) is 0 Å². The minimum Gasteiger partial charge on any atom is -0.480 e. The lowest BCUT2D eigenvalue weighted by Gasteiger charge is -2.25. The largest absolute Gasteiger partial charge is 0.480 e. The monoisotopic (exact) mass is 334 g/mol. The van der Waals surface area contributed by atoms with Crippen molar-refractivity contribution in [1.29, 1.82) is 0 Å². The maximum Gasteiger partial charge on any atom is 0.261 e. The molecule has 2 aromatic carbocycles. The number of carbonyl (C=O) groups is 1. The van der Waals surface area contributed by atoms with Crippen LogP contribution in [0.2, 0.25) is 0 Å². The molecule has 6 nitrogen and oxygen atoms in total. The molecule has 0 radical (unpaired) electrons. The number of fused-ring (bicyclic) bond motifs is 1. The van der Waals surface area contributed by atoms with Gasteiger partial charge in [0.1, 0.15) is 18.4 Å². The average molecular weight is 334 g/mol. The SMILES string of the molecule is O=C(NCc1ccccc1-n1cncn1)[C@H]1CCc2ccccc2O1. The van der Waals surface area contributed by atoms with Crippen molar-refractivity contribution < 1.29 is 9.53 Å². The fourth-order valence-corrected chi connectivity index (χ4v) is 3.02. The Labute approximate surface area is 145 Å². The Morgan fingerprint density at radius 3 is 2.92 bits per heavy atom. The Bertz CT molecular complexity index is 877. The Morgan fingerprint density at radius 1 is 1.20 bits per heavy atom. The van der Waals surface area contributed by atoms with E-state index in [-0.39, 0.29) is 5.91 Å². The molecule has 2 heterocycles. The highest BCUT2D eigenvalue weighted by molar-refractivity contribution is 5.81. The van der Waals surface area contributed by atoms with E-state index in [4.69, 9.17) is 4.74 Å². The molecule has 0 saturated carbocycles. The number of nitrogens with one attached hydrogen (secondary N) is 1. The maximum atomic E-state index is 12.5. The third-order valence-electron chi connectivity index (χ3n) is 4.32. The van der Waals surface area contributed by atoms with Gasteiger partial charge in [-0.1, -0.05) is 36.4 Å². The van der Waals surface area contributed by atoms with Gasteiger partial charge in [0.05, 0.1) is 5.69 Å². The standard InChI is InChI=1S/C19H18N4O2/c24-19(18-10-9-14-5-2-4-8-17(14)25-18)21-11-15-6-1-3-7-16(15)23-13-20-12-22-23/h1-8,12-13,18H,9-11H2,(H,21,24)/t18-/m1/s1. The van der Waals surface area contributed by atoms with Gasteiger partial charge in [-0.3, -0.25) is 4.79 Å². The average Bonchev–Trinajstić information content (AvgIpc) is 3.20. The zero-order valence-electron chi connectivity index (χ0n) is 13.6. The van der Waals surface area contributed by atoms with Crippen LogP contribution in [0.4, 0.5) is 0 Å². The molecule has 3 aromatic rings. The molecule has 4 rings (SSSR count). The van der Waals surface area contributed by atoms with E-state index in [1.807, 2.05) is 48.5 Å². The summed E-state index contributed by atoms with van der Waals surface area (Å²) in [6.45, 7) is 0.413. The fraction of sp³-hybridized carbons (Fsp3) is 0.211. The van der Waals surface area contributed by atoms with Crippen LogP contribution in [0.25, 0.3) is 5.69 Å². The van der Waals surface area contributed by atoms with Gasteiger partial charge in [-0.15, -0.1) is 0 Å². The number of rotatable bonds is 4. The number of hydrogen-bond donors (Lipinski definition) is 1.